The van der Waals surface area contributed by atoms with Crippen LogP contribution in [0, 0.1) is 11.7 Å². The summed E-state index contributed by atoms with van der Waals surface area (Å²) in [6.07, 6.45) is 0. The van der Waals surface area contributed by atoms with Crippen molar-refractivity contribution in [1.29, 1.82) is 0 Å². The van der Waals surface area contributed by atoms with Crippen molar-refractivity contribution in [1.82, 2.24) is 5.32 Å². The fourth-order valence-corrected chi connectivity index (χ4v) is 1.41. The molecular formula is C12H18ClFN2O2. The van der Waals surface area contributed by atoms with E-state index in [0.29, 0.717) is 12.2 Å². The predicted molar refractivity (Wildman–Crippen MR) is 71.9 cm³/mol. The van der Waals surface area contributed by atoms with Gasteiger partial charge in [-0.1, -0.05) is 6.92 Å². The van der Waals surface area contributed by atoms with Gasteiger partial charge < -0.3 is 15.4 Å². The molecule has 0 bridgehead atoms. The molecule has 1 amide bonds. The van der Waals surface area contributed by atoms with Gasteiger partial charge in [-0.25, -0.2) is 4.39 Å². The molecular weight excluding hydrogens is 259 g/mol. The summed E-state index contributed by atoms with van der Waals surface area (Å²) in [6, 6.07) is 4.32. The molecule has 0 saturated carbocycles. The highest BCUT2D eigenvalue weighted by Gasteiger charge is 2.12. The predicted octanol–water partition coefficient (Wildman–Crippen LogP) is 2.05. The number of anilines is 1. The van der Waals surface area contributed by atoms with Gasteiger partial charge in [0.1, 0.15) is 0 Å². The van der Waals surface area contributed by atoms with Crippen LogP contribution >= 0.6 is 12.4 Å². The van der Waals surface area contributed by atoms with Crippen LogP contribution in [0.15, 0.2) is 18.2 Å². The first kappa shape index (κ1) is 16.7. The molecule has 0 radical (unpaired) electrons. The summed E-state index contributed by atoms with van der Waals surface area (Å²) in [4.78, 5) is 11.7. The molecule has 1 rings (SSSR count). The van der Waals surface area contributed by atoms with Crippen LogP contribution in [0.1, 0.15) is 6.92 Å². The summed E-state index contributed by atoms with van der Waals surface area (Å²) in [5, 5.41) is 5.55. The normalized spacial score (nSPS) is 11.3. The number of hydrogen-bond acceptors (Lipinski definition) is 3. The largest absolute Gasteiger partial charge is 0.494 e. The minimum atomic E-state index is -0.494. The van der Waals surface area contributed by atoms with E-state index in [-0.39, 0.29) is 30.0 Å². The van der Waals surface area contributed by atoms with E-state index in [9.17, 15) is 9.18 Å². The standard InChI is InChI=1S/C12H17FN2O2.ClH/c1-8(7-14-2)12(16)15-9-4-5-11(17-3)10(13)6-9;/h4-6,8,14H,7H2,1-3H3,(H,15,16);1H. The third-order valence-corrected chi connectivity index (χ3v) is 2.38. The summed E-state index contributed by atoms with van der Waals surface area (Å²) in [7, 11) is 3.17. The van der Waals surface area contributed by atoms with E-state index in [4.69, 9.17) is 4.74 Å². The Balaban J connectivity index is 0.00000289. The fourth-order valence-electron chi connectivity index (χ4n) is 1.41. The van der Waals surface area contributed by atoms with Crippen LogP contribution in [0.4, 0.5) is 10.1 Å². The molecule has 4 nitrogen and oxygen atoms in total. The number of ether oxygens (including phenoxy) is 1. The SMILES string of the molecule is CNCC(C)C(=O)Nc1ccc(OC)c(F)c1.Cl. The number of hydrogen-bond donors (Lipinski definition) is 2. The van der Waals surface area contributed by atoms with Crippen LogP contribution in [0.25, 0.3) is 0 Å². The molecule has 0 heterocycles. The molecule has 0 aromatic heterocycles. The van der Waals surface area contributed by atoms with Gasteiger partial charge in [0, 0.05) is 24.2 Å². The minimum absolute atomic E-state index is 0. The molecule has 102 valence electrons. The Bertz CT molecular complexity index is 402. The molecule has 18 heavy (non-hydrogen) atoms. The van der Waals surface area contributed by atoms with Crippen LogP contribution in [0.5, 0.6) is 5.75 Å². The Hall–Kier alpha value is -1.33. The summed E-state index contributed by atoms with van der Waals surface area (Å²) >= 11 is 0. The van der Waals surface area contributed by atoms with E-state index in [1.54, 1.807) is 20.0 Å². The van der Waals surface area contributed by atoms with Crippen molar-refractivity contribution in [3.8, 4) is 5.75 Å². The summed E-state index contributed by atoms with van der Waals surface area (Å²) in [5.41, 5.74) is 0.427. The minimum Gasteiger partial charge on any atom is -0.494 e. The van der Waals surface area contributed by atoms with Gasteiger partial charge in [0.05, 0.1) is 7.11 Å². The number of carbonyl (C=O) groups excluding carboxylic acids is 1. The zero-order valence-electron chi connectivity index (χ0n) is 10.6. The van der Waals surface area contributed by atoms with E-state index < -0.39 is 5.82 Å². The Labute approximate surface area is 112 Å². The molecule has 1 aromatic carbocycles. The van der Waals surface area contributed by atoms with Crippen molar-refractivity contribution >= 4 is 24.0 Å². The Kier molecular flexibility index (Phi) is 7.31. The van der Waals surface area contributed by atoms with Crippen molar-refractivity contribution in [3.63, 3.8) is 0 Å². The fraction of sp³-hybridized carbons (Fsp3) is 0.417. The van der Waals surface area contributed by atoms with Crippen LogP contribution in [0.3, 0.4) is 0 Å². The monoisotopic (exact) mass is 276 g/mol. The Morgan fingerprint density at radius 2 is 2.17 bits per heavy atom. The first-order valence-electron chi connectivity index (χ1n) is 5.37. The number of halogens is 2. The zero-order chi connectivity index (χ0) is 12.8. The average molecular weight is 277 g/mol. The van der Waals surface area contributed by atoms with Crippen LogP contribution in [-0.4, -0.2) is 26.6 Å². The van der Waals surface area contributed by atoms with Crippen LogP contribution < -0.4 is 15.4 Å². The molecule has 0 aliphatic carbocycles. The summed E-state index contributed by atoms with van der Waals surface area (Å²) < 4.78 is 18.2. The smallest absolute Gasteiger partial charge is 0.228 e. The van der Waals surface area contributed by atoms with Gasteiger partial charge in [0.15, 0.2) is 11.6 Å². The van der Waals surface area contributed by atoms with Gasteiger partial charge in [-0.2, -0.15) is 0 Å². The molecule has 0 aliphatic rings. The lowest BCUT2D eigenvalue weighted by Crippen LogP contribution is -2.28. The summed E-state index contributed by atoms with van der Waals surface area (Å²) in [5.74, 6) is -0.660. The molecule has 0 spiro atoms. The van der Waals surface area contributed by atoms with E-state index >= 15 is 0 Å². The lowest BCUT2D eigenvalue weighted by atomic mass is 10.1. The lowest BCUT2D eigenvalue weighted by molar-refractivity contribution is -0.119. The number of carbonyl (C=O) groups is 1. The van der Waals surface area contributed by atoms with Crippen molar-refractivity contribution < 1.29 is 13.9 Å². The van der Waals surface area contributed by atoms with Crippen LogP contribution in [0.2, 0.25) is 0 Å². The second kappa shape index (κ2) is 7.89. The van der Waals surface area contributed by atoms with E-state index in [0.717, 1.165) is 0 Å². The van der Waals surface area contributed by atoms with Gasteiger partial charge in [-0.15, -0.1) is 12.4 Å². The Morgan fingerprint density at radius 3 is 2.67 bits per heavy atom. The highest BCUT2D eigenvalue weighted by Crippen LogP contribution is 2.20. The molecule has 1 unspecified atom stereocenters. The lowest BCUT2D eigenvalue weighted by Gasteiger charge is -2.12. The second-order valence-electron chi connectivity index (χ2n) is 3.80. The average Bonchev–Trinajstić information content (AvgIpc) is 2.29. The van der Waals surface area contributed by atoms with Crippen molar-refractivity contribution in [2.45, 2.75) is 6.92 Å². The number of methoxy groups -OCH3 is 1. The molecule has 0 fully saturated rings. The molecule has 1 atom stereocenters. The first-order valence-corrected chi connectivity index (χ1v) is 5.37. The third-order valence-electron chi connectivity index (χ3n) is 2.38. The van der Waals surface area contributed by atoms with E-state index in [2.05, 4.69) is 10.6 Å². The maximum absolute atomic E-state index is 13.4. The maximum atomic E-state index is 13.4. The first-order chi connectivity index (χ1) is 8.08. The van der Waals surface area contributed by atoms with E-state index in [1.165, 1.54) is 19.2 Å². The van der Waals surface area contributed by atoms with Gasteiger partial charge >= 0.3 is 0 Å². The number of nitrogens with one attached hydrogen (secondary N) is 2. The highest BCUT2D eigenvalue weighted by molar-refractivity contribution is 5.92. The van der Waals surface area contributed by atoms with Gasteiger partial charge in [0.2, 0.25) is 5.91 Å². The third kappa shape index (κ3) is 4.50. The van der Waals surface area contributed by atoms with Crippen molar-refractivity contribution in [2.24, 2.45) is 5.92 Å². The van der Waals surface area contributed by atoms with Gasteiger partial charge in [-0.05, 0) is 19.2 Å². The van der Waals surface area contributed by atoms with Crippen molar-refractivity contribution in [2.75, 3.05) is 26.0 Å². The van der Waals surface area contributed by atoms with Crippen molar-refractivity contribution in [3.05, 3.63) is 24.0 Å². The van der Waals surface area contributed by atoms with Gasteiger partial charge in [0.25, 0.3) is 0 Å². The Morgan fingerprint density at radius 1 is 1.50 bits per heavy atom. The summed E-state index contributed by atoms with van der Waals surface area (Å²) in [6.45, 7) is 2.37. The van der Waals surface area contributed by atoms with Gasteiger partial charge in [-0.3, -0.25) is 4.79 Å². The molecule has 1 aromatic rings. The molecule has 0 saturated heterocycles. The van der Waals surface area contributed by atoms with E-state index in [1.807, 2.05) is 0 Å². The maximum Gasteiger partial charge on any atom is 0.228 e. The molecule has 2 N–H and O–H groups in total. The zero-order valence-corrected chi connectivity index (χ0v) is 11.4. The highest BCUT2D eigenvalue weighted by atomic mass is 35.5. The molecule has 0 aliphatic heterocycles. The number of rotatable bonds is 5. The van der Waals surface area contributed by atoms with Crippen LogP contribution in [-0.2, 0) is 4.79 Å². The molecule has 6 heteroatoms. The number of amides is 1. The topological polar surface area (TPSA) is 50.4 Å². The quantitative estimate of drug-likeness (QED) is 0.865. The number of benzene rings is 1. The second-order valence-corrected chi connectivity index (χ2v) is 3.80.